The third kappa shape index (κ3) is 4.81. The van der Waals surface area contributed by atoms with Gasteiger partial charge in [-0.25, -0.2) is 4.98 Å². The van der Waals surface area contributed by atoms with Crippen molar-refractivity contribution in [1.29, 1.82) is 0 Å². The van der Waals surface area contributed by atoms with Crippen molar-refractivity contribution in [1.82, 2.24) is 9.97 Å². The highest BCUT2D eigenvalue weighted by molar-refractivity contribution is 5.94. The van der Waals surface area contributed by atoms with Crippen LogP contribution in [0.4, 0.5) is 36.3 Å². The lowest BCUT2D eigenvalue weighted by molar-refractivity contribution is -0.137. The van der Waals surface area contributed by atoms with Gasteiger partial charge in [0.25, 0.3) is 0 Å². The maximum absolute atomic E-state index is 12.6. The molecule has 8 heteroatoms. The van der Waals surface area contributed by atoms with Crippen LogP contribution in [0.2, 0.25) is 0 Å². The number of anilines is 4. The quantitative estimate of drug-likeness (QED) is 0.604. The molecule has 0 saturated carbocycles. The highest BCUT2D eigenvalue weighted by atomic mass is 19.4. The molecule has 0 aliphatic heterocycles. The monoisotopic (exact) mass is 372 g/mol. The van der Waals surface area contributed by atoms with Crippen LogP contribution in [-0.2, 0) is 6.18 Å². The van der Waals surface area contributed by atoms with Crippen LogP contribution in [-0.4, -0.2) is 15.8 Å². The van der Waals surface area contributed by atoms with Crippen molar-refractivity contribution < 1.29 is 18.0 Å². The molecular weight excluding hydrogens is 357 g/mol. The van der Waals surface area contributed by atoms with Crippen LogP contribution >= 0.6 is 0 Å². The maximum Gasteiger partial charge on any atom is 0.416 e. The Morgan fingerprint density at radius 2 is 1.48 bits per heavy atom. The van der Waals surface area contributed by atoms with Crippen LogP contribution in [0.3, 0.4) is 0 Å². The second-order valence-electron chi connectivity index (χ2n) is 5.72. The van der Waals surface area contributed by atoms with Gasteiger partial charge in [0.1, 0.15) is 5.82 Å². The van der Waals surface area contributed by atoms with Gasteiger partial charge in [0.2, 0.25) is 5.95 Å². The molecule has 0 radical (unpaired) electrons. The van der Waals surface area contributed by atoms with Gasteiger partial charge in [-0.05, 0) is 61.5 Å². The molecule has 0 aliphatic rings. The van der Waals surface area contributed by atoms with Crippen molar-refractivity contribution >= 4 is 28.9 Å². The van der Waals surface area contributed by atoms with E-state index in [1.165, 1.54) is 25.3 Å². The normalized spacial score (nSPS) is 11.1. The van der Waals surface area contributed by atoms with Gasteiger partial charge in [-0.2, -0.15) is 18.2 Å². The van der Waals surface area contributed by atoms with Gasteiger partial charge in [-0.3, -0.25) is 4.79 Å². The van der Waals surface area contributed by atoms with Crippen molar-refractivity contribution in [3.63, 3.8) is 0 Å². The highest BCUT2D eigenvalue weighted by Gasteiger charge is 2.29. The minimum atomic E-state index is -4.37. The number of ketones is 1. The minimum Gasteiger partial charge on any atom is -0.340 e. The van der Waals surface area contributed by atoms with Crippen LogP contribution in [0.1, 0.15) is 22.8 Å². The molecule has 2 aromatic carbocycles. The average molecular weight is 372 g/mol. The van der Waals surface area contributed by atoms with E-state index in [1.807, 2.05) is 0 Å². The van der Waals surface area contributed by atoms with Crippen LogP contribution in [0.15, 0.2) is 60.8 Å². The fourth-order valence-corrected chi connectivity index (χ4v) is 2.30. The zero-order valence-corrected chi connectivity index (χ0v) is 14.2. The fourth-order valence-electron chi connectivity index (χ4n) is 2.30. The smallest absolute Gasteiger partial charge is 0.340 e. The second kappa shape index (κ2) is 7.45. The van der Waals surface area contributed by atoms with Crippen molar-refractivity contribution in [3.8, 4) is 0 Å². The van der Waals surface area contributed by atoms with Crippen LogP contribution < -0.4 is 10.6 Å². The Morgan fingerprint density at radius 3 is 2.07 bits per heavy atom. The predicted octanol–water partition coefficient (Wildman–Crippen LogP) is 5.19. The minimum absolute atomic E-state index is 0.0273. The second-order valence-corrected chi connectivity index (χ2v) is 5.72. The molecule has 0 fully saturated rings. The van der Waals surface area contributed by atoms with E-state index in [1.54, 1.807) is 30.3 Å². The summed E-state index contributed by atoms with van der Waals surface area (Å²) in [5.74, 6) is 0.704. The van der Waals surface area contributed by atoms with E-state index in [0.29, 0.717) is 28.7 Å². The van der Waals surface area contributed by atoms with Crippen molar-refractivity contribution in [2.24, 2.45) is 0 Å². The largest absolute Gasteiger partial charge is 0.416 e. The molecule has 0 unspecified atom stereocenters. The number of halogens is 3. The number of alkyl halides is 3. The number of rotatable bonds is 5. The number of nitrogens with one attached hydrogen (secondary N) is 2. The van der Waals surface area contributed by atoms with Crippen LogP contribution in [0.5, 0.6) is 0 Å². The van der Waals surface area contributed by atoms with Gasteiger partial charge >= 0.3 is 6.18 Å². The molecule has 1 aromatic heterocycles. The number of carbonyl (C=O) groups excluding carboxylic acids is 1. The van der Waals surface area contributed by atoms with Gasteiger partial charge in [0, 0.05) is 23.1 Å². The first kappa shape index (κ1) is 18.4. The topological polar surface area (TPSA) is 66.9 Å². The summed E-state index contributed by atoms with van der Waals surface area (Å²) in [6.07, 6.45) is -2.85. The molecule has 0 atom stereocenters. The molecule has 0 aliphatic carbocycles. The summed E-state index contributed by atoms with van der Waals surface area (Å²) in [5, 5.41) is 5.93. The number of hydrogen-bond acceptors (Lipinski definition) is 5. The Balaban J connectivity index is 1.71. The summed E-state index contributed by atoms with van der Waals surface area (Å²) < 4.78 is 37.8. The Hall–Kier alpha value is -3.42. The molecule has 3 rings (SSSR count). The zero-order chi connectivity index (χ0) is 19.4. The first-order chi connectivity index (χ1) is 12.8. The van der Waals surface area contributed by atoms with E-state index in [2.05, 4.69) is 20.6 Å². The first-order valence-corrected chi connectivity index (χ1v) is 7.96. The lowest BCUT2D eigenvalue weighted by Crippen LogP contribution is -2.05. The fraction of sp³-hybridized carbons (Fsp3) is 0.105. The molecule has 5 nitrogen and oxygen atoms in total. The number of carbonyl (C=O) groups is 1. The molecule has 1 heterocycles. The van der Waals surface area contributed by atoms with Crippen molar-refractivity contribution in [3.05, 3.63) is 71.9 Å². The van der Waals surface area contributed by atoms with Gasteiger partial charge in [-0.15, -0.1) is 0 Å². The average Bonchev–Trinajstić information content (AvgIpc) is 2.62. The number of benzene rings is 2. The standard InChI is InChI=1S/C19H15F3N4O/c1-12(27)13-2-6-16(7-3-13)25-18-23-11-10-17(26-18)24-15-8-4-14(5-9-15)19(20,21)22/h2-11H,1H3,(H2,23,24,25,26). The van der Waals surface area contributed by atoms with E-state index in [9.17, 15) is 18.0 Å². The molecule has 3 aromatic rings. The van der Waals surface area contributed by atoms with Gasteiger partial charge in [0.15, 0.2) is 5.78 Å². The van der Waals surface area contributed by atoms with E-state index in [0.717, 1.165) is 12.1 Å². The molecule has 0 spiro atoms. The molecular formula is C19H15F3N4O. The molecule has 2 N–H and O–H groups in total. The molecule has 0 saturated heterocycles. The summed E-state index contributed by atoms with van der Waals surface area (Å²) in [7, 11) is 0. The molecule has 0 amide bonds. The van der Waals surface area contributed by atoms with E-state index in [-0.39, 0.29) is 5.78 Å². The lowest BCUT2D eigenvalue weighted by Gasteiger charge is -2.10. The highest BCUT2D eigenvalue weighted by Crippen LogP contribution is 2.30. The molecule has 0 bridgehead atoms. The van der Waals surface area contributed by atoms with Gasteiger partial charge in [-0.1, -0.05) is 0 Å². The maximum atomic E-state index is 12.6. The van der Waals surface area contributed by atoms with Gasteiger partial charge in [0.05, 0.1) is 5.56 Å². The van der Waals surface area contributed by atoms with E-state index < -0.39 is 11.7 Å². The van der Waals surface area contributed by atoms with Crippen molar-refractivity contribution in [2.75, 3.05) is 10.6 Å². The first-order valence-electron chi connectivity index (χ1n) is 7.96. The zero-order valence-electron chi connectivity index (χ0n) is 14.2. The van der Waals surface area contributed by atoms with E-state index >= 15 is 0 Å². The van der Waals surface area contributed by atoms with E-state index in [4.69, 9.17) is 0 Å². The summed E-state index contributed by atoms with van der Waals surface area (Å²) in [6.45, 7) is 1.49. The third-order valence-corrected chi connectivity index (χ3v) is 3.69. The summed E-state index contributed by atoms with van der Waals surface area (Å²) in [5.41, 5.74) is 1.05. The summed E-state index contributed by atoms with van der Waals surface area (Å²) >= 11 is 0. The number of nitrogens with zero attached hydrogens (tertiary/aromatic N) is 2. The lowest BCUT2D eigenvalue weighted by atomic mass is 10.1. The number of aromatic nitrogens is 2. The summed E-state index contributed by atoms with van der Waals surface area (Å²) in [4.78, 5) is 19.7. The number of hydrogen-bond donors (Lipinski definition) is 2. The number of Topliss-reactive ketones (excluding diaryl/α,β-unsaturated/α-hetero) is 1. The SMILES string of the molecule is CC(=O)c1ccc(Nc2nccc(Nc3ccc(C(F)(F)F)cc3)n2)cc1. The van der Waals surface area contributed by atoms with Crippen LogP contribution in [0, 0.1) is 0 Å². The van der Waals surface area contributed by atoms with Crippen molar-refractivity contribution in [2.45, 2.75) is 13.1 Å². The van der Waals surface area contributed by atoms with Crippen LogP contribution in [0.25, 0.3) is 0 Å². The Bertz CT molecular complexity index is 938. The molecule has 138 valence electrons. The molecule has 27 heavy (non-hydrogen) atoms. The Kier molecular flexibility index (Phi) is 5.07. The summed E-state index contributed by atoms with van der Waals surface area (Å²) in [6, 6.07) is 13.1. The Labute approximate surface area is 153 Å². The third-order valence-electron chi connectivity index (χ3n) is 3.69. The van der Waals surface area contributed by atoms with Gasteiger partial charge < -0.3 is 10.6 Å². The Morgan fingerprint density at radius 1 is 0.889 bits per heavy atom. The predicted molar refractivity (Wildman–Crippen MR) is 96.5 cm³/mol.